The standard InChI is InChI=1S/C19H15N3O3S/c1-24-11-7-8-14-17(9-11)26-19(20-14)22-21-15-10-16(25-2)12-5-3-4-6-13(12)18(15)23/h3-10,23H,1-2H3. The quantitative estimate of drug-likeness (QED) is 0.478. The van der Waals surface area contributed by atoms with Gasteiger partial charge in [-0.1, -0.05) is 35.6 Å². The summed E-state index contributed by atoms with van der Waals surface area (Å²) in [5, 5.41) is 20.9. The molecular formula is C19H15N3O3S. The van der Waals surface area contributed by atoms with Crippen LogP contribution in [0.1, 0.15) is 0 Å². The third-order valence-electron chi connectivity index (χ3n) is 4.01. The molecule has 0 aliphatic heterocycles. The van der Waals surface area contributed by atoms with Crippen molar-refractivity contribution in [2.75, 3.05) is 14.2 Å². The summed E-state index contributed by atoms with van der Waals surface area (Å²) in [6, 6.07) is 14.7. The van der Waals surface area contributed by atoms with E-state index in [1.165, 1.54) is 11.3 Å². The number of phenols is 1. The Bertz CT molecular complexity index is 1140. The Morgan fingerprint density at radius 1 is 0.962 bits per heavy atom. The summed E-state index contributed by atoms with van der Waals surface area (Å²) in [4.78, 5) is 4.43. The summed E-state index contributed by atoms with van der Waals surface area (Å²) in [5.74, 6) is 1.45. The van der Waals surface area contributed by atoms with Crippen molar-refractivity contribution in [2.24, 2.45) is 10.2 Å². The number of methoxy groups -OCH3 is 2. The van der Waals surface area contributed by atoms with Crippen LogP contribution in [0.15, 0.2) is 58.8 Å². The Labute approximate surface area is 153 Å². The van der Waals surface area contributed by atoms with Gasteiger partial charge >= 0.3 is 0 Å². The van der Waals surface area contributed by atoms with E-state index in [-0.39, 0.29) is 5.75 Å². The van der Waals surface area contributed by atoms with Crippen LogP contribution < -0.4 is 9.47 Å². The van der Waals surface area contributed by atoms with Gasteiger partial charge in [0.2, 0.25) is 5.13 Å². The third-order valence-corrected chi connectivity index (χ3v) is 4.91. The van der Waals surface area contributed by atoms with E-state index in [0.717, 1.165) is 21.4 Å². The van der Waals surface area contributed by atoms with E-state index < -0.39 is 0 Å². The molecule has 130 valence electrons. The predicted octanol–water partition coefficient (Wildman–Crippen LogP) is 5.59. The van der Waals surface area contributed by atoms with Gasteiger partial charge in [-0.15, -0.1) is 10.2 Å². The number of benzene rings is 3. The van der Waals surface area contributed by atoms with Crippen LogP contribution in [0.4, 0.5) is 10.8 Å². The Morgan fingerprint density at radius 2 is 1.77 bits per heavy atom. The largest absolute Gasteiger partial charge is 0.505 e. The van der Waals surface area contributed by atoms with E-state index in [4.69, 9.17) is 9.47 Å². The lowest BCUT2D eigenvalue weighted by Gasteiger charge is -2.08. The number of hydrogen-bond acceptors (Lipinski definition) is 7. The maximum absolute atomic E-state index is 10.5. The van der Waals surface area contributed by atoms with Crippen molar-refractivity contribution in [3.8, 4) is 17.2 Å². The average molecular weight is 365 g/mol. The first kappa shape index (κ1) is 16.3. The molecule has 4 aromatic rings. The Balaban J connectivity index is 1.76. The van der Waals surface area contributed by atoms with Gasteiger partial charge in [-0.05, 0) is 18.2 Å². The predicted molar refractivity (Wildman–Crippen MR) is 103 cm³/mol. The van der Waals surface area contributed by atoms with Gasteiger partial charge in [0.1, 0.15) is 17.2 Å². The van der Waals surface area contributed by atoms with Crippen LogP contribution in [0, 0.1) is 0 Å². The van der Waals surface area contributed by atoms with Gasteiger partial charge in [0.25, 0.3) is 0 Å². The second kappa shape index (κ2) is 6.61. The first-order valence-electron chi connectivity index (χ1n) is 7.84. The van der Waals surface area contributed by atoms with Crippen molar-refractivity contribution in [1.82, 2.24) is 4.98 Å². The summed E-state index contributed by atoms with van der Waals surface area (Å²) < 4.78 is 11.6. The van der Waals surface area contributed by atoms with Crippen molar-refractivity contribution >= 4 is 43.1 Å². The molecule has 0 atom stereocenters. The number of aromatic hydroxyl groups is 1. The molecule has 3 aromatic carbocycles. The molecule has 0 bridgehead atoms. The van der Waals surface area contributed by atoms with Crippen molar-refractivity contribution in [1.29, 1.82) is 0 Å². The molecule has 0 aliphatic rings. The highest BCUT2D eigenvalue weighted by Gasteiger charge is 2.12. The summed E-state index contributed by atoms with van der Waals surface area (Å²) in [6.45, 7) is 0. The topological polar surface area (TPSA) is 76.3 Å². The molecule has 0 saturated carbocycles. The molecule has 1 aromatic heterocycles. The van der Waals surface area contributed by atoms with Gasteiger partial charge < -0.3 is 14.6 Å². The highest BCUT2D eigenvalue weighted by molar-refractivity contribution is 7.21. The second-order valence-corrected chi connectivity index (χ2v) is 6.53. The maximum atomic E-state index is 10.5. The summed E-state index contributed by atoms with van der Waals surface area (Å²) >= 11 is 1.40. The molecule has 0 aliphatic carbocycles. The van der Waals surface area contributed by atoms with Crippen molar-refractivity contribution in [3.63, 3.8) is 0 Å². The summed E-state index contributed by atoms with van der Waals surface area (Å²) in [7, 11) is 3.21. The molecule has 0 radical (unpaired) electrons. The second-order valence-electron chi connectivity index (χ2n) is 5.52. The highest BCUT2D eigenvalue weighted by Crippen LogP contribution is 2.41. The first-order chi connectivity index (χ1) is 12.7. The normalized spacial score (nSPS) is 11.5. The number of hydrogen-bond donors (Lipinski definition) is 1. The van der Waals surface area contributed by atoms with Crippen LogP contribution in [0.3, 0.4) is 0 Å². The number of thiazole rings is 1. The maximum Gasteiger partial charge on any atom is 0.231 e. The number of rotatable bonds is 4. The molecule has 0 amide bonds. The molecule has 6 nitrogen and oxygen atoms in total. The molecule has 0 fully saturated rings. The van der Waals surface area contributed by atoms with E-state index in [9.17, 15) is 5.11 Å². The monoisotopic (exact) mass is 365 g/mol. The molecule has 7 heteroatoms. The fourth-order valence-electron chi connectivity index (χ4n) is 2.72. The number of phenolic OH excluding ortho intramolecular Hbond substituents is 1. The first-order valence-corrected chi connectivity index (χ1v) is 8.66. The van der Waals surface area contributed by atoms with Crippen LogP contribution in [0.2, 0.25) is 0 Å². The third kappa shape index (κ3) is 2.82. The van der Waals surface area contributed by atoms with Crippen molar-refractivity contribution < 1.29 is 14.6 Å². The summed E-state index contributed by atoms with van der Waals surface area (Å²) in [6.07, 6.45) is 0. The van der Waals surface area contributed by atoms with E-state index in [1.807, 2.05) is 42.5 Å². The number of fused-ring (bicyclic) bond motifs is 2. The van der Waals surface area contributed by atoms with E-state index in [2.05, 4.69) is 15.2 Å². The minimum absolute atomic E-state index is 0.0629. The zero-order valence-electron chi connectivity index (χ0n) is 14.1. The van der Waals surface area contributed by atoms with Gasteiger partial charge in [0.15, 0.2) is 5.75 Å². The SMILES string of the molecule is COc1ccc2nc(N=Nc3cc(OC)c4ccccc4c3O)sc2c1. The van der Waals surface area contributed by atoms with Gasteiger partial charge in [-0.2, -0.15) is 0 Å². The zero-order valence-corrected chi connectivity index (χ0v) is 14.9. The Morgan fingerprint density at radius 3 is 2.54 bits per heavy atom. The molecular weight excluding hydrogens is 350 g/mol. The molecule has 4 rings (SSSR count). The van der Waals surface area contributed by atoms with Gasteiger partial charge in [-0.3, -0.25) is 0 Å². The van der Waals surface area contributed by atoms with Gasteiger partial charge in [0, 0.05) is 16.8 Å². The van der Waals surface area contributed by atoms with Crippen LogP contribution >= 0.6 is 11.3 Å². The summed E-state index contributed by atoms with van der Waals surface area (Å²) in [5.41, 5.74) is 1.16. The lowest BCUT2D eigenvalue weighted by atomic mass is 10.1. The smallest absolute Gasteiger partial charge is 0.231 e. The van der Waals surface area contributed by atoms with Crippen LogP contribution in [-0.4, -0.2) is 24.3 Å². The fraction of sp³-hybridized carbons (Fsp3) is 0.105. The molecule has 1 N–H and O–H groups in total. The lowest BCUT2D eigenvalue weighted by Crippen LogP contribution is -1.85. The van der Waals surface area contributed by atoms with Crippen molar-refractivity contribution in [3.05, 3.63) is 48.5 Å². The van der Waals surface area contributed by atoms with E-state index >= 15 is 0 Å². The van der Waals surface area contributed by atoms with Gasteiger partial charge in [0.05, 0.1) is 24.4 Å². The lowest BCUT2D eigenvalue weighted by molar-refractivity contribution is 0.415. The van der Waals surface area contributed by atoms with E-state index in [0.29, 0.717) is 22.0 Å². The highest BCUT2D eigenvalue weighted by atomic mass is 32.1. The Hall–Kier alpha value is -3.19. The number of nitrogens with zero attached hydrogens (tertiary/aromatic N) is 3. The van der Waals surface area contributed by atoms with E-state index in [1.54, 1.807) is 20.3 Å². The number of azo groups is 1. The number of aromatic nitrogens is 1. The fourth-order valence-corrected chi connectivity index (χ4v) is 3.53. The molecule has 0 saturated heterocycles. The van der Waals surface area contributed by atoms with Crippen LogP contribution in [-0.2, 0) is 0 Å². The molecule has 0 spiro atoms. The Kier molecular flexibility index (Phi) is 4.14. The minimum atomic E-state index is 0.0629. The molecule has 1 heterocycles. The average Bonchev–Trinajstić information content (AvgIpc) is 3.09. The van der Waals surface area contributed by atoms with Crippen LogP contribution in [0.5, 0.6) is 17.2 Å². The number of ether oxygens (including phenoxy) is 2. The van der Waals surface area contributed by atoms with Crippen LogP contribution in [0.25, 0.3) is 21.0 Å². The van der Waals surface area contributed by atoms with Crippen molar-refractivity contribution in [2.45, 2.75) is 0 Å². The molecule has 0 unspecified atom stereocenters. The zero-order chi connectivity index (χ0) is 18.1. The minimum Gasteiger partial charge on any atom is -0.505 e. The molecule has 26 heavy (non-hydrogen) atoms. The van der Waals surface area contributed by atoms with Gasteiger partial charge in [-0.25, -0.2) is 4.98 Å².